The van der Waals surface area contributed by atoms with Crippen molar-refractivity contribution in [2.75, 3.05) is 26.0 Å². The van der Waals surface area contributed by atoms with E-state index in [1.54, 1.807) is 19.2 Å². The monoisotopic (exact) mass is 357 g/mol. The fourth-order valence-corrected chi connectivity index (χ4v) is 3.29. The third kappa shape index (κ3) is 3.52. The van der Waals surface area contributed by atoms with Gasteiger partial charge < -0.3 is 20.2 Å². The van der Waals surface area contributed by atoms with Gasteiger partial charge in [0.1, 0.15) is 17.8 Å². The van der Waals surface area contributed by atoms with Gasteiger partial charge in [0.25, 0.3) is 5.91 Å². The predicted molar refractivity (Wildman–Crippen MR) is 97.3 cm³/mol. The highest BCUT2D eigenvalue weighted by molar-refractivity contribution is 6.31. The molecule has 0 unspecified atom stereocenters. The lowest BCUT2D eigenvalue weighted by Crippen LogP contribution is -2.28. The Hall–Kier alpha value is -2.93. The Morgan fingerprint density at radius 1 is 1.31 bits per heavy atom. The van der Waals surface area contributed by atoms with Crippen molar-refractivity contribution >= 4 is 17.8 Å². The molecule has 0 saturated heterocycles. The summed E-state index contributed by atoms with van der Waals surface area (Å²) in [4.78, 5) is 13.9. The van der Waals surface area contributed by atoms with Crippen molar-refractivity contribution in [3.8, 4) is 16.9 Å². The summed E-state index contributed by atoms with van der Waals surface area (Å²) in [5.74, 6) is -0.255. The first kappa shape index (κ1) is 17.9. The molecule has 2 aromatic rings. The molecule has 26 heavy (non-hydrogen) atoms. The van der Waals surface area contributed by atoms with E-state index in [1.165, 1.54) is 12.1 Å². The van der Waals surface area contributed by atoms with Crippen molar-refractivity contribution in [3.63, 3.8) is 0 Å². The maximum Gasteiger partial charge on any atom is 0.270 e. The summed E-state index contributed by atoms with van der Waals surface area (Å²) in [5, 5.41) is 14.0. The van der Waals surface area contributed by atoms with E-state index >= 15 is 0 Å². The summed E-state index contributed by atoms with van der Waals surface area (Å²) < 4.78 is 19.2. The zero-order chi connectivity index (χ0) is 18.7. The molecule has 136 valence electrons. The van der Waals surface area contributed by atoms with Gasteiger partial charge in [0.2, 0.25) is 0 Å². The fraction of sp³-hybridized carbons (Fsp3) is 0.263. The van der Waals surface area contributed by atoms with Crippen LogP contribution in [0.4, 0.5) is 10.1 Å². The van der Waals surface area contributed by atoms with Crippen LogP contribution in [0.3, 0.4) is 0 Å². The van der Waals surface area contributed by atoms with E-state index in [0.29, 0.717) is 23.5 Å². The highest BCUT2D eigenvalue weighted by Crippen LogP contribution is 2.38. The molecule has 1 amide bonds. The van der Waals surface area contributed by atoms with Crippen LogP contribution in [0.5, 0.6) is 5.75 Å². The number of hydrogen-bond donors (Lipinski definition) is 2. The quantitative estimate of drug-likeness (QED) is 0.501. The molecule has 1 aliphatic heterocycles. The van der Waals surface area contributed by atoms with Gasteiger partial charge in [-0.1, -0.05) is 11.2 Å². The number of ether oxygens (including phenoxy) is 1. The first-order valence-corrected chi connectivity index (χ1v) is 8.19. The lowest BCUT2D eigenvalue weighted by atomic mass is 9.89. The summed E-state index contributed by atoms with van der Waals surface area (Å²) in [6, 6.07) is 8.07. The summed E-state index contributed by atoms with van der Waals surface area (Å²) in [6.45, 7) is 1.50. The number of nitrogens with zero attached hydrogens (tertiary/aromatic N) is 2. The largest absolute Gasteiger partial charge is 0.496 e. The van der Waals surface area contributed by atoms with Gasteiger partial charge in [-0.25, -0.2) is 4.39 Å². The Morgan fingerprint density at radius 3 is 2.85 bits per heavy atom. The van der Waals surface area contributed by atoms with Crippen molar-refractivity contribution in [2.45, 2.75) is 13.0 Å². The second-order valence-electron chi connectivity index (χ2n) is 6.18. The maximum atomic E-state index is 13.8. The lowest BCUT2D eigenvalue weighted by Gasteiger charge is -2.29. The third-order valence-corrected chi connectivity index (χ3v) is 4.49. The van der Waals surface area contributed by atoms with Crippen molar-refractivity contribution in [1.29, 1.82) is 0 Å². The number of halogens is 1. The van der Waals surface area contributed by atoms with Crippen LogP contribution in [0.1, 0.15) is 11.1 Å². The number of carbonyl (C=O) groups excluding carboxylic acids is 1. The molecular formula is C19H20FN3O3. The molecule has 2 aromatic carbocycles. The number of nitrogens with one attached hydrogen (secondary N) is 1. The average molecular weight is 357 g/mol. The molecule has 0 bridgehead atoms. The van der Waals surface area contributed by atoms with Crippen LogP contribution >= 0.6 is 0 Å². The Labute approximate surface area is 150 Å². The van der Waals surface area contributed by atoms with E-state index in [2.05, 4.69) is 15.4 Å². The molecule has 0 aromatic heterocycles. The molecule has 0 saturated carbocycles. The molecule has 3 rings (SSSR count). The Bertz CT molecular complexity index is 867. The van der Waals surface area contributed by atoms with E-state index in [-0.39, 0.29) is 5.82 Å². The van der Waals surface area contributed by atoms with Crippen molar-refractivity contribution in [2.24, 2.45) is 5.16 Å². The highest BCUT2D eigenvalue weighted by Gasteiger charge is 2.22. The minimum absolute atomic E-state index is 0.334. The molecule has 1 heterocycles. The number of methoxy groups -OCH3 is 1. The molecule has 0 aliphatic carbocycles. The second kappa shape index (κ2) is 7.53. The van der Waals surface area contributed by atoms with Gasteiger partial charge in [-0.15, -0.1) is 0 Å². The van der Waals surface area contributed by atoms with E-state index in [1.807, 2.05) is 13.1 Å². The van der Waals surface area contributed by atoms with Crippen LogP contribution < -0.4 is 10.1 Å². The number of benzene rings is 2. The minimum Gasteiger partial charge on any atom is -0.496 e. The first-order valence-electron chi connectivity index (χ1n) is 8.19. The molecule has 0 fully saturated rings. The Kier molecular flexibility index (Phi) is 5.18. The zero-order valence-electron chi connectivity index (χ0n) is 14.6. The maximum absolute atomic E-state index is 13.8. The van der Waals surface area contributed by atoms with E-state index < -0.39 is 5.91 Å². The Morgan fingerprint density at radius 2 is 2.12 bits per heavy atom. The molecule has 0 atom stereocenters. The molecule has 7 heteroatoms. The standard InChI is InChI=1S/C19H20FN3O3/c1-23-8-7-14-13(15-9-12(20)3-6-18(15)26-2)4-5-17(16(14)11-23)22-19(24)10-21-25/h3-6,9-10,25H,7-8,11H2,1-2H3,(H,22,24)/b21-10-. The van der Waals surface area contributed by atoms with Crippen molar-refractivity contribution in [1.82, 2.24) is 4.90 Å². The van der Waals surface area contributed by atoms with Crippen molar-refractivity contribution < 1.29 is 19.1 Å². The van der Waals surface area contributed by atoms with E-state index in [0.717, 1.165) is 35.9 Å². The fourth-order valence-electron chi connectivity index (χ4n) is 3.29. The van der Waals surface area contributed by atoms with Gasteiger partial charge in [0.15, 0.2) is 0 Å². The van der Waals surface area contributed by atoms with Crippen LogP contribution in [0.15, 0.2) is 35.5 Å². The van der Waals surface area contributed by atoms with Gasteiger partial charge in [0.05, 0.1) is 7.11 Å². The number of amides is 1. The van der Waals surface area contributed by atoms with Crippen molar-refractivity contribution in [3.05, 3.63) is 47.3 Å². The number of fused-ring (bicyclic) bond motifs is 1. The normalized spacial score (nSPS) is 14.3. The average Bonchev–Trinajstić information content (AvgIpc) is 2.62. The number of likely N-dealkylation sites (N-methyl/N-ethyl adjacent to an activating group) is 1. The number of oxime groups is 1. The summed E-state index contributed by atoms with van der Waals surface area (Å²) in [5.41, 5.74) is 4.23. The molecule has 0 spiro atoms. The number of hydrogen-bond acceptors (Lipinski definition) is 5. The number of rotatable bonds is 4. The van der Waals surface area contributed by atoms with Crippen LogP contribution in [0.25, 0.3) is 11.1 Å². The van der Waals surface area contributed by atoms with Crippen LogP contribution in [-0.4, -0.2) is 42.9 Å². The minimum atomic E-state index is -0.515. The number of anilines is 1. The lowest BCUT2D eigenvalue weighted by molar-refractivity contribution is -0.110. The Balaban J connectivity index is 2.13. The summed E-state index contributed by atoms with van der Waals surface area (Å²) in [7, 11) is 3.55. The van der Waals surface area contributed by atoms with Gasteiger partial charge in [-0.2, -0.15) is 0 Å². The van der Waals surface area contributed by atoms with Crippen LogP contribution in [0, 0.1) is 5.82 Å². The topological polar surface area (TPSA) is 74.2 Å². The molecular weight excluding hydrogens is 337 g/mol. The summed E-state index contributed by atoms with van der Waals surface area (Å²) in [6.07, 6.45) is 1.57. The predicted octanol–water partition coefficient (Wildman–Crippen LogP) is 2.89. The van der Waals surface area contributed by atoms with Gasteiger partial charge in [0, 0.05) is 24.3 Å². The second-order valence-corrected chi connectivity index (χ2v) is 6.18. The molecule has 6 nitrogen and oxygen atoms in total. The van der Waals surface area contributed by atoms with Gasteiger partial charge >= 0.3 is 0 Å². The zero-order valence-corrected chi connectivity index (χ0v) is 14.6. The van der Waals surface area contributed by atoms with E-state index in [4.69, 9.17) is 9.94 Å². The van der Waals surface area contributed by atoms with Gasteiger partial charge in [-0.3, -0.25) is 4.79 Å². The SMILES string of the molecule is COc1ccc(F)cc1-c1ccc(NC(=O)/C=N\O)c2c1CCN(C)C2. The molecule has 2 N–H and O–H groups in total. The first-order chi connectivity index (χ1) is 12.5. The van der Waals surface area contributed by atoms with Crippen LogP contribution in [-0.2, 0) is 17.8 Å². The smallest absolute Gasteiger partial charge is 0.270 e. The van der Waals surface area contributed by atoms with Crippen LogP contribution in [0.2, 0.25) is 0 Å². The number of carbonyl (C=O) groups is 1. The molecule has 0 radical (unpaired) electrons. The third-order valence-electron chi connectivity index (χ3n) is 4.49. The van der Waals surface area contributed by atoms with E-state index in [9.17, 15) is 9.18 Å². The molecule has 1 aliphatic rings. The van der Waals surface area contributed by atoms with Gasteiger partial charge in [-0.05, 0) is 54.4 Å². The summed E-state index contributed by atoms with van der Waals surface area (Å²) >= 11 is 0. The highest BCUT2D eigenvalue weighted by atomic mass is 19.1.